The summed E-state index contributed by atoms with van der Waals surface area (Å²) < 4.78 is 5.06. The number of methoxy groups -OCH3 is 1. The molecule has 2 rings (SSSR count). The maximum absolute atomic E-state index is 12.3. The molecule has 0 fully saturated rings. The lowest BCUT2D eigenvalue weighted by molar-refractivity contribution is -0.384. The molecule has 2 aromatic carbocycles. The van der Waals surface area contributed by atoms with E-state index in [4.69, 9.17) is 16.3 Å². The third kappa shape index (κ3) is 4.77. The van der Waals surface area contributed by atoms with Crippen LogP contribution in [0, 0.1) is 10.1 Å². The Labute approximate surface area is 167 Å². The van der Waals surface area contributed by atoms with E-state index >= 15 is 0 Å². The fourth-order valence-electron chi connectivity index (χ4n) is 2.55. The average molecular weight is 409 g/mol. The van der Waals surface area contributed by atoms with Crippen LogP contribution in [0.5, 0.6) is 5.75 Å². The van der Waals surface area contributed by atoms with Gasteiger partial charge in [-0.25, -0.2) is 4.79 Å². The summed E-state index contributed by atoms with van der Waals surface area (Å²) in [7, 11) is 1.45. The number of carbonyl (C=O) groups is 2. The summed E-state index contributed by atoms with van der Waals surface area (Å²) in [4.78, 5) is 34.6. The van der Waals surface area contributed by atoms with Crippen molar-refractivity contribution < 1.29 is 24.4 Å². The van der Waals surface area contributed by atoms with E-state index in [9.17, 15) is 24.8 Å². The third-order valence-electron chi connectivity index (χ3n) is 3.78. The number of rotatable bonds is 7. The van der Waals surface area contributed by atoms with Crippen molar-refractivity contribution in [1.29, 1.82) is 0 Å². The topological polar surface area (TPSA) is 119 Å². The molecular formula is C19H21ClN2O6. The number of hydrogen-bond acceptors (Lipinski definition) is 5. The molecule has 2 aromatic rings. The van der Waals surface area contributed by atoms with Gasteiger partial charge >= 0.3 is 5.97 Å². The van der Waals surface area contributed by atoms with Gasteiger partial charge in [0, 0.05) is 17.7 Å². The Morgan fingerprint density at radius 3 is 2.25 bits per heavy atom. The second-order valence-electron chi connectivity index (χ2n) is 5.27. The predicted octanol–water partition coefficient (Wildman–Crippen LogP) is 3.31. The summed E-state index contributed by atoms with van der Waals surface area (Å²) in [5.41, 5.74) is -2.15. The first-order valence-electron chi connectivity index (χ1n) is 8.35. The van der Waals surface area contributed by atoms with E-state index in [0.717, 1.165) is 6.07 Å². The Morgan fingerprint density at radius 2 is 1.79 bits per heavy atom. The minimum atomic E-state index is -2.05. The average Bonchev–Trinajstić information content (AvgIpc) is 2.73. The highest BCUT2D eigenvalue weighted by Crippen LogP contribution is 2.33. The first-order chi connectivity index (χ1) is 13.3. The first kappa shape index (κ1) is 22.9. The van der Waals surface area contributed by atoms with Gasteiger partial charge in [-0.05, 0) is 17.7 Å². The molecule has 150 valence electrons. The van der Waals surface area contributed by atoms with Crippen LogP contribution in [0.15, 0.2) is 48.5 Å². The SMILES string of the molecule is CC.COc1ccc(C(NC(=O)CCl)(C(=O)O)c2cccc([N+](=O)[O-])c2)cc1. The maximum Gasteiger partial charge on any atom is 0.338 e. The molecule has 1 amide bonds. The minimum Gasteiger partial charge on any atom is -0.497 e. The number of alkyl halides is 1. The van der Waals surface area contributed by atoms with Gasteiger partial charge in [0.1, 0.15) is 11.6 Å². The van der Waals surface area contributed by atoms with Crippen LogP contribution in [-0.4, -0.2) is 34.9 Å². The number of hydrogen-bond donors (Lipinski definition) is 2. The van der Waals surface area contributed by atoms with Crippen molar-refractivity contribution in [2.45, 2.75) is 19.4 Å². The van der Waals surface area contributed by atoms with Gasteiger partial charge in [0.25, 0.3) is 5.69 Å². The summed E-state index contributed by atoms with van der Waals surface area (Å²) >= 11 is 5.53. The zero-order valence-electron chi connectivity index (χ0n) is 15.6. The number of halogens is 1. The third-order valence-corrected chi connectivity index (χ3v) is 4.02. The lowest BCUT2D eigenvalue weighted by Crippen LogP contribution is -2.53. The van der Waals surface area contributed by atoms with E-state index in [1.165, 1.54) is 49.6 Å². The lowest BCUT2D eigenvalue weighted by atomic mass is 9.82. The van der Waals surface area contributed by atoms with Crippen LogP contribution in [-0.2, 0) is 15.1 Å². The van der Waals surface area contributed by atoms with E-state index in [1.54, 1.807) is 0 Å². The molecule has 0 aliphatic rings. The van der Waals surface area contributed by atoms with Gasteiger partial charge < -0.3 is 15.2 Å². The number of nitro groups is 1. The Bertz CT molecular complexity index is 841. The number of amides is 1. The van der Waals surface area contributed by atoms with Crippen LogP contribution in [0.1, 0.15) is 25.0 Å². The smallest absolute Gasteiger partial charge is 0.338 e. The van der Waals surface area contributed by atoms with Gasteiger partial charge in [0.15, 0.2) is 5.54 Å². The molecule has 9 heteroatoms. The van der Waals surface area contributed by atoms with Crippen LogP contribution in [0.3, 0.4) is 0 Å². The molecule has 1 unspecified atom stereocenters. The van der Waals surface area contributed by atoms with Gasteiger partial charge in [0.05, 0.1) is 12.0 Å². The monoisotopic (exact) mass is 408 g/mol. The van der Waals surface area contributed by atoms with Crippen molar-refractivity contribution in [1.82, 2.24) is 5.32 Å². The number of aliphatic carboxylic acids is 1. The standard InChI is InChI=1S/C17H15ClN2O6.C2H6/c1-26-14-7-5-11(6-8-14)17(16(22)23,19-15(21)10-18)12-3-2-4-13(9-12)20(24)25;1-2/h2-9H,10H2,1H3,(H,19,21)(H,22,23);1-2H3. The molecule has 0 heterocycles. The number of nitrogens with zero attached hydrogens (tertiary/aromatic N) is 1. The Balaban J connectivity index is 0.00000190. The number of ether oxygens (including phenoxy) is 1. The van der Waals surface area contributed by atoms with E-state index < -0.39 is 28.2 Å². The van der Waals surface area contributed by atoms with Gasteiger partial charge in [-0.2, -0.15) is 0 Å². The number of nitro benzene ring substituents is 1. The molecule has 0 aliphatic carbocycles. The summed E-state index contributed by atoms with van der Waals surface area (Å²) in [5.74, 6) is -2.14. The quantitative estimate of drug-likeness (QED) is 0.412. The molecule has 0 spiro atoms. The molecule has 0 saturated carbocycles. The van der Waals surface area contributed by atoms with Crippen LogP contribution < -0.4 is 10.1 Å². The van der Waals surface area contributed by atoms with E-state index in [0.29, 0.717) is 5.75 Å². The Morgan fingerprint density at radius 1 is 1.18 bits per heavy atom. The van der Waals surface area contributed by atoms with Crippen molar-refractivity contribution in [3.05, 3.63) is 69.8 Å². The molecular weight excluding hydrogens is 388 g/mol. The second-order valence-corrected chi connectivity index (χ2v) is 5.54. The first-order valence-corrected chi connectivity index (χ1v) is 8.88. The van der Waals surface area contributed by atoms with Crippen LogP contribution >= 0.6 is 11.6 Å². The van der Waals surface area contributed by atoms with Crippen molar-refractivity contribution in [2.75, 3.05) is 13.0 Å². The molecule has 0 aromatic heterocycles. The number of benzene rings is 2. The van der Waals surface area contributed by atoms with Crippen LogP contribution in [0.4, 0.5) is 5.69 Å². The van der Waals surface area contributed by atoms with Crippen molar-refractivity contribution in [3.63, 3.8) is 0 Å². The van der Waals surface area contributed by atoms with Gasteiger partial charge in [0.2, 0.25) is 5.91 Å². The molecule has 28 heavy (non-hydrogen) atoms. The van der Waals surface area contributed by atoms with Gasteiger partial charge in [-0.3, -0.25) is 14.9 Å². The van der Waals surface area contributed by atoms with Gasteiger partial charge in [-0.15, -0.1) is 11.6 Å². The highest BCUT2D eigenvalue weighted by atomic mass is 35.5. The number of carboxylic acid groups (broad SMARTS) is 1. The van der Waals surface area contributed by atoms with E-state index in [2.05, 4.69) is 5.32 Å². The number of non-ortho nitro benzene ring substituents is 1. The highest BCUT2D eigenvalue weighted by molar-refractivity contribution is 6.27. The van der Waals surface area contributed by atoms with E-state index in [-0.39, 0.29) is 16.8 Å². The molecule has 8 nitrogen and oxygen atoms in total. The second kappa shape index (κ2) is 10.3. The predicted molar refractivity (Wildman–Crippen MR) is 105 cm³/mol. The Kier molecular flexibility index (Phi) is 8.40. The molecule has 0 radical (unpaired) electrons. The fraction of sp³-hybridized carbons (Fsp3) is 0.263. The number of carbonyl (C=O) groups excluding carboxylic acids is 1. The normalized spacial score (nSPS) is 12.0. The van der Waals surface area contributed by atoms with Crippen LogP contribution in [0.2, 0.25) is 0 Å². The minimum absolute atomic E-state index is 0.0165. The van der Waals surface area contributed by atoms with E-state index in [1.807, 2.05) is 13.8 Å². The molecule has 0 aliphatic heterocycles. The zero-order valence-corrected chi connectivity index (χ0v) is 16.4. The largest absolute Gasteiger partial charge is 0.497 e. The summed E-state index contributed by atoms with van der Waals surface area (Å²) in [6.45, 7) is 4.00. The lowest BCUT2D eigenvalue weighted by Gasteiger charge is -2.31. The molecule has 0 bridgehead atoms. The van der Waals surface area contributed by atoms with Crippen LogP contribution in [0.25, 0.3) is 0 Å². The maximum atomic E-state index is 12.3. The van der Waals surface area contributed by atoms with Gasteiger partial charge in [-0.1, -0.05) is 38.1 Å². The molecule has 2 N–H and O–H groups in total. The molecule has 0 saturated heterocycles. The zero-order chi connectivity index (χ0) is 21.3. The number of nitrogens with one attached hydrogen (secondary N) is 1. The summed E-state index contributed by atoms with van der Waals surface area (Å²) in [6.07, 6.45) is 0. The summed E-state index contributed by atoms with van der Waals surface area (Å²) in [5, 5.41) is 23.4. The van der Waals surface area contributed by atoms with Crippen molar-refractivity contribution >= 4 is 29.2 Å². The molecule has 1 atom stereocenters. The summed E-state index contributed by atoms with van der Waals surface area (Å²) in [6, 6.07) is 11.0. The van der Waals surface area contributed by atoms with Crippen molar-refractivity contribution in [2.24, 2.45) is 0 Å². The van der Waals surface area contributed by atoms with Crippen molar-refractivity contribution in [3.8, 4) is 5.75 Å². The highest BCUT2D eigenvalue weighted by Gasteiger charge is 2.44. The Hall–Kier alpha value is -3.13. The fourth-order valence-corrected chi connectivity index (χ4v) is 2.61. The number of carboxylic acids is 1.